The third-order valence-corrected chi connectivity index (χ3v) is 7.82. The Bertz CT molecular complexity index is 1260. The minimum absolute atomic E-state index is 0.00625. The van der Waals surface area contributed by atoms with Crippen LogP contribution in [0.1, 0.15) is 22.3 Å². The van der Waals surface area contributed by atoms with Gasteiger partial charge in [0.05, 0.1) is 23.9 Å². The second-order valence-electron chi connectivity index (χ2n) is 8.08. The van der Waals surface area contributed by atoms with Gasteiger partial charge in [0, 0.05) is 55.4 Å². The molecule has 8 heteroatoms. The van der Waals surface area contributed by atoms with E-state index in [9.17, 15) is 13.2 Å². The minimum Gasteiger partial charge on any atom is -0.346 e. The largest absolute Gasteiger partial charge is 0.346 e. The summed E-state index contributed by atoms with van der Waals surface area (Å²) in [4.78, 5) is 15.4. The van der Waals surface area contributed by atoms with Crippen molar-refractivity contribution in [1.29, 1.82) is 5.26 Å². The third kappa shape index (κ3) is 4.46. The summed E-state index contributed by atoms with van der Waals surface area (Å²) >= 11 is 0. The van der Waals surface area contributed by atoms with Crippen molar-refractivity contribution in [3.63, 3.8) is 0 Å². The van der Waals surface area contributed by atoms with Crippen molar-refractivity contribution in [2.45, 2.75) is 24.8 Å². The second-order valence-corrected chi connectivity index (χ2v) is 10.0. The molecule has 1 aliphatic rings. The molecule has 0 saturated carbocycles. The number of nitrogens with zero attached hydrogens (tertiary/aromatic N) is 4. The zero-order valence-corrected chi connectivity index (χ0v) is 18.9. The SMILES string of the molecule is Cc1ccc(S(=O)(=O)N2CCN(CC(=O)c3cn(CCC#N)c4ccccc34)CC2)cc1. The molecule has 1 aromatic heterocycles. The molecule has 0 spiro atoms. The number of Topliss-reactive ketones (excluding diaryl/α,β-unsaturated/α-hetero) is 1. The van der Waals surface area contributed by atoms with E-state index in [0.717, 1.165) is 16.5 Å². The number of benzene rings is 2. The van der Waals surface area contributed by atoms with Crippen LogP contribution in [-0.2, 0) is 16.6 Å². The van der Waals surface area contributed by atoms with Crippen LogP contribution in [0.15, 0.2) is 59.6 Å². The molecule has 2 aromatic carbocycles. The van der Waals surface area contributed by atoms with Gasteiger partial charge in [-0.15, -0.1) is 0 Å². The Labute approximate surface area is 188 Å². The van der Waals surface area contributed by atoms with Gasteiger partial charge in [-0.3, -0.25) is 9.69 Å². The van der Waals surface area contributed by atoms with Crippen molar-refractivity contribution in [3.05, 3.63) is 65.9 Å². The molecule has 0 amide bonds. The fraction of sp³-hybridized carbons (Fsp3) is 0.333. The number of aryl methyl sites for hydroxylation is 2. The third-order valence-electron chi connectivity index (χ3n) is 5.91. The lowest BCUT2D eigenvalue weighted by Crippen LogP contribution is -2.49. The van der Waals surface area contributed by atoms with E-state index in [1.165, 1.54) is 4.31 Å². The van der Waals surface area contributed by atoms with Gasteiger partial charge in [0.15, 0.2) is 5.78 Å². The highest BCUT2D eigenvalue weighted by Gasteiger charge is 2.29. The topological polar surface area (TPSA) is 86.4 Å². The number of ketones is 1. The number of para-hydroxylation sites is 1. The average Bonchev–Trinajstić information content (AvgIpc) is 3.17. The van der Waals surface area contributed by atoms with Crippen molar-refractivity contribution in [2.24, 2.45) is 0 Å². The molecule has 4 rings (SSSR count). The number of carbonyl (C=O) groups excluding carboxylic acids is 1. The number of aromatic nitrogens is 1. The van der Waals surface area contributed by atoms with E-state index in [-0.39, 0.29) is 12.3 Å². The molecule has 1 saturated heterocycles. The first-order chi connectivity index (χ1) is 15.4. The molecule has 1 aliphatic heterocycles. The summed E-state index contributed by atoms with van der Waals surface area (Å²) < 4.78 is 29.2. The molecule has 1 fully saturated rings. The predicted molar refractivity (Wildman–Crippen MR) is 123 cm³/mol. The fourth-order valence-electron chi connectivity index (χ4n) is 4.10. The van der Waals surface area contributed by atoms with Crippen LogP contribution in [0.5, 0.6) is 0 Å². The monoisotopic (exact) mass is 450 g/mol. The number of nitriles is 1. The molecule has 0 N–H and O–H groups in total. The van der Waals surface area contributed by atoms with E-state index in [1.807, 2.05) is 46.9 Å². The zero-order valence-electron chi connectivity index (χ0n) is 18.1. The Morgan fingerprint density at radius 3 is 2.41 bits per heavy atom. The number of rotatable bonds is 7. The molecule has 0 unspecified atom stereocenters. The van der Waals surface area contributed by atoms with Gasteiger partial charge in [0.25, 0.3) is 0 Å². The van der Waals surface area contributed by atoms with Gasteiger partial charge in [-0.25, -0.2) is 8.42 Å². The van der Waals surface area contributed by atoms with E-state index in [2.05, 4.69) is 6.07 Å². The summed E-state index contributed by atoms with van der Waals surface area (Å²) in [5.41, 5.74) is 2.61. The van der Waals surface area contributed by atoms with E-state index in [1.54, 1.807) is 24.3 Å². The molecule has 7 nitrogen and oxygen atoms in total. The standard InChI is InChI=1S/C24H26N4O3S/c1-19-7-9-20(10-8-19)32(30,31)28-15-13-26(14-16-28)18-24(29)22-17-27(12-4-11-25)23-6-3-2-5-21(22)23/h2-3,5-10,17H,4,12-16,18H2,1H3. The Morgan fingerprint density at radius 1 is 1.03 bits per heavy atom. The maximum absolute atomic E-state index is 13.1. The van der Waals surface area contributed by atoms with Crippen LogP contribution in [-0.4, -0.2) is 60.7 Å². The highest BCUT2D eigenvalue weighted by Crippen LogP contribution is 2.23. The van der Waals surface area contributed by atoms with Crippen LogP contribution in [0, 0.1) is 18.3 Å². The van der Waals surface area contributed by atoms with Gasteiger partial charge in [-0.05, 0) is 25.1 Å². The summed E-state index contributed by atoms with van der Waals surface area (Å²) in [6.45, 7) is 4.42. The van der Waals surface area contributed by atoms with Gasteiger partial charge < -0.3 is 4.57 Å². The predicted octanol–water partition coefficient (Wildman–Crippen LogP) is 3.05. The van der Waals surface area contributed by atoms with Crippen LogP contribution in [0.3, 0.4) is 0 Å². The molecule has 0 bridgehead atoms. The lowest BCUT2D eigenvalue weighted by atomic mass is 10.1. The van der Waals surface area contributed by atoms with Gasteiger partial charge in [0.1, 0.15) is 0 Å². The molecule has 0 atom stereocenters. The lowest BCUT2D eigenvalue weighted by Gasteiger charge is -2.33. The van der Waals surface area contributed by atoms with Crippen molar-refractivity contribution in [2.75, 3.05) is 32.7 Å². The smallest absolute Gasteiger partial charge is 0.243 e. The first-order valence-electron chi connectivity index (χ1n) is 10.7. The Balaban J connectivity index is 1.43. The highest BCUT2D eigenvalue weighted by atomic mass is 32.2. The van der Waals surface area contributed by atoms with Gasteiger partial charge >= 0.3 is 0 Å². The first kappa shape index (κ1) is 22.2. The van der Waals surface area contributed by atoms with Crippen LogP contribution in [0.25, 0.3) is 10.9 Å². The number of piperazine rings is 1. The Kier molecular flexibility index (Phi) is 6.42. The molecule has 0 aliphatic carbocycles. The normalized spacial score (nSPS) is 15.6. The van der Waals surface area contributed by atoms with Crippen molar-refractivity contribution in [1.82, 2.24) is 13.8 Å². The van der Waals surface area contributed by atoms with E-state index >= 15 is 0 Å². The maximum Gasteiger partial charge on any atom is 0.243 e. The summed E-state index contributed by atoms with van der Waals surface area (Å²) in [6.07, 6.45) is 2.21. The van der Waals surface area contributed by atoms with Crippen molar-refractivity contribution in [3.8, 4) is 6.07 Å². The molecule has 3 aromatic rings. The maximum atomic E-state index is 13.1. The number of hydrogen-bond donors (Lipinski definition) is 0. The van der Waals surface area contributed by atoms with Gasteiger partial charge in [-0.2, -0.15) is 9.57 Å². The lowest BCUT2D eigenvalue weighted by molar-refractivity contribution is 0.0903. The summed E-state index contributed by atoms with van der Waals surface area (Å²) in [5, 5.41) is 9.80. The fourth-order valence-corrected chi connectivity index (χ4v) is 5.52. The summed E-state index contributed by atoms with van der Waals surface area (Å²) in [5.74, 6) is 0.00625. The van der Waals surface area contributed by atoms with Crippen molar-refractivity contribution >= 4 is 26.7 Å². The van der Waals surface area contributed by atoms with E-state index in [4.69, 9.17) is 5.26 Å². The van der Waals surface area contributed by atoms with Crippen molar-refractivity contribution < 1.29 is 13.2 Å². The molecular formula is C24H26N4O3S. The molecule has 0 radical (unpaired) electrons. The van der Waals surface area contributed by atoms with E-state index in [0.29, 0.717) is 49.6 Å². The molecular weight excluding hydrogens is 424 g/mol. The zero-order chi connectivity index (χ0) is 22.7. The number of sulfonamides is 1. The van der Waals surface area contributed by atoms with Crippen LogP contribution in [0.2, 0.25) is 0 Å². The second kappa shape index (κ2) is 9.25. The molecule has 32 heavy (non-hydrogen) atoms. The van der Waals surface area contributed by atoms with Crippen LogP contribution < -0.4 is 0 Å². The van der Waals surface area contributed by atoms with Gasteiger partial charge in [-0.1, -0.05) is 35.9 Å². The Hall–Kier alpha value is -2.99. The first-order valence-corrected chi connectivity index (χ1v) is 12.1. The molecule has 166 valence electrons. The van der Waals surface area contributed by atoms with E-state index < -0.39 is 10.0 Å². The van der Waals surface area contributed by atoms with Crippen LogP contribution in [0.4, 0.5) is 0 Å². The number of carbonyl (C=O) groups is 1. The average molecular weight is 451 g/mol. The minimum atomic E-state index is -3.53. The van der Waals surface area contributed by atoms with Crippen LogP contribution >= 0.6 is 0 Å². The quantitative estimate of drug-likeness (QED) is 0.517. The van der Waals surface area contributed by atoms with Gasteiger partial charge in [0.2, 0.25) is 10.0 Å². The summed E-state index contributed by atoms with van der Waals surface area (Å²) in [6, 6.07) is 16.7. The summed E-state index contributed by atoms with van der Waals surface area (Å²) in [7, 11) is -3.53. The number of hydrogen-bond acceptors (Lipinski definition) is 5. The Morgan fingerprint density at radius 2 is 1.72 bits per heavy atom. The number of fused-ring (bicyclic) bond motifs is 1. The molecule has 2 heterocycles. The highest BCUT2D eigenvalue weighted by molar-refractivity contribution is 7.89.